The molecule has 80 valence electrons. The van der Waals surface area contributed by atoms with Crippen LogP contribution >= 0.6 is 0 Å². The summed E-state index contributed by atoms with van der Waals surface area (Å²) in [5, 5.41) is 17.7. The van der Waals surface area contributed by atoms with Crippen molar-refractivity contribution in [1.82, 2.24) is 0 Å². The molecule has 1 aliphatic carbocycles. The fraction of sp³-hybridized carbons (Fsp3) is 0.167. The number of nitrogens with zero attached hydrogens (tertiary/aromatic N) is 2. The molecule has 0 aliphatic heterocycles. The Labute approximate surface area is 94.0 Å². The third-order valence-electron chi connectivity index (χ3n) is 2.01. The van der Waals surface area contributed by atoms with E-state index in [1.807, 2.05) is 12.1 Å². The Morgan fingerprint density at radius 1 is 1.19 bits per heavy atom. The molecule has 0 heterocycles. The summed E-state index contributed by atoms with van der Waals surface area (Å²) in [5.74, 6) is 1.02. The molecule has 0 saturated carbocycles. The van der Waals surface area contributed by atoms with Crippen LogP contribution in [-0.2, 0) is 9.47 Å². The predicted molar refractivity (Wildman–Crippen MR) is 57.6 cm³/mol. The van der Waals surface area contributed by atoms with E-state index < -0.39 is 0 Å². The molecule has 0 aromatic heterocycles. The van der Waals surface area contributed by atoms with Gasteiger partial charge in [0.25, 0.3) is 0 Å². The summed E-state index contributed by atoms with van der Waals surface area (Å²) < 4.78 is 10.2. The number of rotatable bonds is 2. The van der Waals surface area contributed by atoms with Crippen molar-refractivity contribution in [2.24, 2.45) is 0 Å². The molecule has 0 atom stereocenters. The molecule has 4 nitrogen and oxygen atoms in total. The van der Waals surface area contributed by atoms with E-state index in [1.54, 1.807) is 24.3 Å². The number of allylic oxidation sites excluding steroid dienone is 5. The summed E-state index contributed by atoms with van der Waals surface area (Å²) in [4.78, 5) is 0. The zero-order valence-electron chi connectivity index (χ0n) is 9.02. The van der Waals surface area contributed by atoms with Gasteiger partial charge in [-0.1, -0.05) is 6.08 Å². The van der Waals surface area contributed by atoms with Gasteiger partial charge in [0, 0.05) is 5.57 Å². The quantitative estimate of drug-likeness (QED) is 0.659. The standard InChI is InChI=1S/C12H10N2O2/c1-15-10-4-3-5-12(16-2)11(6-10)9(7-13)8-14/h3-6H,1-2H3. The minimum absolute atomic E-state index is 0.00801. The lowest BCUT2D eigenvalue weighted by Gasteiger charge is -2.06. The molecule has 0 radical (unpaired) electrons. The smallest absolute Gasteiger partial charge is 0.140 e. The summed E-state index contributed by atoms with van der Waals surface area (Å²) in [6, 6.07) is 3.66. The first-order valence-corrected chi connectivity index (χ1v) is 4.49. The molecule has 0 N–H and O–H groups in total. The van der Waals surface area contributed by atoms with Crippen LogP contribution in [0.25, 0.3) is 0 Å². The normalized spacial score (nSPS) is 13.9. The van der Waals surface area contributed by atoms with Crippen LogP contribution in [0.3, 0.4) is 0 Å². The molecule has 0 amide bonds. The van der Waals surface area contributed by atoms with Gasteiger partial charge in [-0.15, -0.1) is 0 Å². The van der Waals surface area contributed by atoms with Gasteiger partial charge in [0.05, 0.1) is 14.2 Å². The first kappa shape index (κ1) is 11.6. The van der Waals surface area contributed by atoms with Gasteiger partial charge >= 0.3 is 0 Å². The van der Waals surface area contributed by atoms with E-state index in [-0.39, 0.29) is 5.57 Å². The van der Waals surface area contributed by atoms with Gasteiger partial charge in [-0.25, -0.2) is 0 Å². The highest BCUT2D eigenvalue weighted by Crippen LogP contribution is 2.22. The summed E-state index contributed by atoms with van der Waals surface area (Å²) in [7, 11) is 3.00. The van der Waals surface area contributed by atoms with Gasteiger partial charge in [-0.05, 0) is 18.2 Å². The average Bonchev–Trinajstić information content (AvgIpc) is 2.53. The molecule has 16 heavy (non-hydrogen) atoms. The Hall–Kier alpha value is -2.46. The highest BCUT2D eigenvalue weighted by atomic mass is 16.5. The maximum Gasteiger partial charge on any atom is 0.140 e. The van der Waals surface area contributed by atoms with Crippen LogP contribution < -0.4 is 0 Å². The highest BCUT2D eigenvalue weighted by Gasteiger charge is 2.12. The van der Waals surface area contributed by atoms with E-state index in [4.69, 9.17) is 20.0 Å². The molecule has 0 aromatic carbocycles. The maximum absolute atomic E-state index is 8.84. The van der Waals surface area contributed by atoms with Crippen molar-refractivity contribution in [2.75, 3.05) is 14.2 Å². The lowest BCUT2D eigenvalue weighted by Crippen LogP contribution is -1.94. The minimum Gasteiger partial charge on any atom is -0.497 e. The van der Waals surface area contributed by atoms with E-state index in [9.17, 15) is 0 Å². The number of hydrogen-bond donors (Lipinski definition) is 0. The lowest BCUT2D eigenvalue weighted by atomic mass is 10.1. The van der Waals surface area contributed by atoms with E-state index in [2.05, 4.69) is 0 Å². The van der Waals surface area contributed by atoms with Gasteiger partial charge in [0.15, 0.2) is 0 Å². The van der Waals surface area contributed by atoms with Crippen molar-refractivity contribution in [3.63, 3.8) is 0 Å². The van der Waals surface area contributed by atoms with Gasteiger partial charge in [0.2, 0.25) is 0 Å². The summed E-state index contributed by atoms with van der Waals surface area (Å²) in [5.41, 5.74) is 0.417. The molecule has 0 saturated heterocycles. The molecule has 4 heteroatoms. The monoisotopic (exact) mass is 214 g/mol. The first-order chi connectivity index (χ1) is 7.76. The molecule has 0 bridgehead atoms. The molecular formula is C12H10N2O2. The van der Waals surface area contributed by atoms with Crippen LogP contribution in [0, 0.1) is 22.7 Å². The van der Waals surface area contributed by atoms with Crippen molar-refractivity contribution in [3.05, 3.63) is 47.0 Å². The minimum atomic E-state index is -0.00801. The van der Waals surface area contributed by atoms with Crippen LogP contribution in [0.4, 0.5) is 0 Å². The van der Waals surface area contributed by atoms with E-state index >= 15 is 0 Å². The topological polar surface area (TPSA) is 66.0 Å². The van der Waals surface area contributed by atoms with Crippen LogP contribution in [0.15, 0.2) is 47.0 Å². The third-order valence-corrected chi connectivity index (χ3v) is 2.01. The van der Waals surface area contributed by atoms with Gasteiger partial charge in [0.1, 0.15) is 29.2 Å². The van der Waals surface area contributed by atoms with Crippen LogP contribution in [0.1, 0.15) is 0 Å². The molecule has 0 fully saturated rings. The SMILES string of the molecule is COC1=CC(=C(C#N)C#N)C(OC)=CC=C1. The predicted octanol–water partition coefficient (Wildman–Crippen LogP) is 1.96. The molecular weight excluding hydrogens is 204 g/mol. The first-order valence-electron chi connectivity index (χ1n) is 4.49. The number of hydrogen-bond acceptors (Lipinski definition) is 4. The van der Waals surface area contributed by atoms with Crippen LogP contribution in [0.5, 0.6) is 0 Å². The Morgan fingerprint density at radius 2 is 1.88 bits per heavy atom. The molecule has 1 aliphatic rings. The average molecular weight is 214 g/mol. The largest absolute Gasteiger partial charge is 0.497 e. The lowest BCUT2D eigenvalue weighted by molar-refractivity contribution is 0.298. The van der Waals surface area contributed by atoms with Crippen molar-refractivity contribution >= 4 is 0 Å². The van der Waals surface area contributed by atoms with Crippen molar-refractivity contribution in [3.8, 4) is 12.1 Å². The van der Waals surface area contributed by atoms with Crippen LogP contribution in [-0.4, -0.2) is 14.2 Å². The van der Waals surface area contributed by atoms with Gasteiger partial charge in [-0.2, -0.15) is 10.5 Å². The number of methoxy groups -OCH3 is 2. The van der Waals surface area contributed by atoms with Gasteiger partial charge < -0.3 is 9.47 Å². The summed E-state index contributed by atoms with van der Waals surface area (Å²) >= 11 is 0. The van der Waals surface area contributed by atoms with Crippen molar-refractivity contribution in [1.29, 1.82) is 10.5 Å². The Morgan fingerprint density at radius 3 is 2.38 bits per heavy atom. The Balaban J connectivity index is 3.38. The molecule has 0 aromatic rings. The fourth-order valence-corrected chi connectivity index (χ4v) is 1.23. The summed E-state index contributed by atoms with van der Waals surface area (Å²) in [6.45, 7) is 0. The number of nitriles is 2. The van der Waals surface area contributed by atoms with E-state index in [0.717, 1.165) is 0 Å². The van der Waals surface area contributed by atoms with Crippen molar-refractivity contribution < 1.29 is 9.47 Å². The maximum atomic E-state index is 8.84. The Kier molecular flexibility index (Phi) is 3.94. The third kappa shape index (κ3) is 2.31. The molecule has 1 rings (SSSR count). The fourth-order valence-electron chi connectivity index (χ4n) is 1.23. The van der Waals surface area contributed by atoms with E-state index in [0.29, 0.717) is 17.1 Å². The second-order valence-corrected chi connectivity index (χ2v) is 2.86. The second-order valence-electron chi connectivity index (χ2n) is 2.86. The number of ether oxygens (including phenoxy) is 2. The Bertz CT molecular complexity index is 466. The van der Waals surface area contributed by atoms with Gasteiger partial charge in [-0.3, -0.25) is 0 Å². The highest BCUT2D eigenvalue weighted by molar-refractivity contribution is 5.55. The molecule has 0 spiro atoms. The zero-order valence-corrected chi connectivity index (χ0v) is 9.02. The zero-order chi connectivity index (χ0) is 12.0. The molecule has 0 unspecified atom stereocenters. The van der Waals surface area contributed by atoms with Crippen molar-refractivity contribution in [2.45, 2.75) is 0 Å². The van der Waals surface area contributed by atoms with E-state index in [1.165, 1.54) is 14.2 Å². The summed E-state index contributed by atoms with van der Waals surface area (Å²) in [6.07, 6.45) is 6.72. The van der Waals surface area contributed by atoms with Crippen LogP contribution in [0.2, 0.25) is 0 Å². The second kappa shape index (κ2) is 5.43.